The third kappa shape index (κ3) is 8.41. The van der Waals surface area contributed by atoms with Crippen molar-refractivity contribution in [1.29, 1.82) is 0 Å². The van der Waals surface area contributed by atoms with Crippen LogP contribution in [0.3, 0.4) is 0 Å². The van der Waals surface area contributed by atoms with Crippen LogP contribution in [0.2, 0.25) is 0 Å². The van der Waals surface area contributed by atoms with Crippen LogP contribution in [0.15, 0.2) is 48.5 Å². The Hall–Kier alpha value is -3.68. The molecule has 2 aromatic carbocycles. The van der Waals surface area contributed by atoms with Gasteiger partial charge < -0.3 is 19.3 Å². The Morgan fingerprint density at radius 3 is 1.27 bits per heavy atom. The maximum Gasteiger partial charge on any atom is 0.338 e. The molecule has 2 amide bonds. The van der Waals surface area contributed by atoms with Gasteiger partial charge >= 0.3 is 11.9 Å². The molecule has 4 rings (SSSR count). The molecule has 0 radical (unpaired) electrons. The lowest BCUT2D eigenvalue weighted by molar-refractivity contribution is 0.0487. The molecule has 2 atom stereocenters. The fourth-order valence-corrected chi connectivity index (χ4v) is 4.69. The molecule has 2 aliphatic heterocycles. The average molecular weight is 549 g/mol. The van der Waals surface area contributed by atoms with Crippen LogP contribution in [0.1, 0.15) is 107 Å². The van der Waals surface area contributed by atoms with Crippen LogP contribution in [0.25, 0.3) is 0 Å². The molecule has 0 saturated carbocycles. The van der Waals surface area contributed by atoms with Gasteiger partial charge in [0.25, 0.3) is 11.8 Å². The summed E-state index contributed by atoms with van der Waals surface area (Å²) in [5, 5.41) is 0. The first kappa shape index (κ1) is 29.3. The van der Waals surface area contributed by atoms with E-state index in [1.54, 1.807) is 58.3 Å². The van der Waals surface area contributed by atoms with E-state index in [1.165, 1.54) is 0 Å². The second kappa shape index (κ2) is 14.1. The Kier molecular flexibility index (Phi) is 10.3. The van der Waals surface area contributed by atoms with E-state index in [9.17, 15) is 19.2 Å². The van der Waals surface area contributed by atoms with Crippen LogP contribution in [-0.4, -0.2) is 71.9 Å². The zero-order valence-electron chi connectivity index (χ0n) is 23.6. The number of nitrogens with zero attached hydrogens (tertiary/aromatic N) is 2. The zero-order chi connectivity index (χ0) is 28.5. The third-order valence-corrected chi connectivity index (χ3v) is 7.44. The molecule has 0 aliphatic carbocycles. The number of hydrogen-bond acceptors (Lipinski definition) is 6. The monoisotopic (exact) mass is 548 g/mol. The first-order chi connectivity index (χ1) is 19.3. The van der Waals surface area contributed by atoms with E-state index in [4.69, 9.17) is 9.47 Å². The van der Waals surface area contributed by atoms with E-state index >= 15 is 0 Å². The van der Waals surface area contributed by atoms with Gasteiger partial charge in [-0.25, -0.2) is 9.59 Å². The highest BCUT2D eigenvalue weighted by Crippen LogP contribution is 2.22. The molecule has 8 heteroatoms. The van der Waals surface area contributed by atoms with Crippen molar-refractivity contribution < 1.29 is 28.7 Å². The quantitative estimate of drug-likeness (QED) is 0.166. The lowest BCUT2D eigenvalue weighted by Gasteiger charge is -2.08. The molecule has 0 aromatic heterocycles. The molecule has 8 nitrogen and oxygen atoms in total. The first-order valence-corrected chi connectivity index (χ1v) is 14.5. The van der Waals surface area contributed by atoms with Crippen molar-refractivity contribution >= 4 is 23.8 Å². The maximum absolute atomic E-state index is 12.3. The van der Waals surface area contributed by atoms with Crippen LogP contribution in [0, 0.1) is 0 Å². The number of unbranched alkanes of at least 4 members (excludes halogenated alkanes) is 7. The highest BCUT2D eigenvalue weighted by atomic mass is 16.5. The number of ether oxygens (including phenoxy) is 2. The smallest absolute Gasteiger partial charge is 0.338 e. The van der Waals surface area contributed by atoms with Crippen molar-refractivity contribution in [3.8, 4) is 0 Å². The minimum atomic E-state index is -0.388. The van der Waals surface area contributed by atoms with Crippen molar-refractivity contribution in [2.75, 3.05) is 26.3 Å². The van der Waals surface area contributed by atoms with E-state index in [0.29, 0.717) is 35.5 Å². The molecule has 2 saturated heterocycles. The lowest BCUT2D eigenvalue weighted by atomic mass is 10.1. The van der Waals surface area contributed by atoms with Crippen LogP contribution >= 0.6 is 0 Å². The predicted octanol–water partition coefficient (Wildman–Crippen LogP) is 5.51. The molecule has 2 aliphatic rings. The Balaban J connectivity index is 0.991. The minimum Gasteiger partial charge on any atom is -0.462 e. The standard InChI is InChI=1S/C32H40N2O6/c1-23-21-33(23)29(35)25-13-11-15-27(19-25)31(37)39-17-9-7-5-3-4-6-8-10-18-40-32(38)28-16-12-14-26(20-28)30(36)34-22-24(34)2/h11-16,19-20,23-24H,3-10,17-18,21-22H2,1-2H3. The number of carbonyl (C=O) groups excluding carboxylic acids is 4. The maximum atomic E-state index is 12.3. The Bertz CT molecular complexity index is 1120. The zero-order valence-corrected chi connectivity index (χ0v) is 23.6. The molecule has 40 heavy (non-hydrogen) atoms. The van der Waals surface area contributed by atoms with Gasteiger partial charge in [0.1, 0.15) is 0 Å². The van der Waals surface area contributed by atoms with E-state index < -0.39 is 0 Å². The minimum absolute atomic E-state index is 0.0417. The topological polar surface area (TPSA) is 92.8 Å². The molecule has 0 spiro atoms. The lowest BCUT2D eigenvalue weighted by Crippen LogP contribution is -2.14. The van der Waals surface area contributed by atoms with Gasteiger partial charge in [0.15, 0.2) is 0 Å². The fraction of sp³-hybridized carbons (Fsp3) is 0.500. The molecular formula is C32H40N2O6. The first-order valence-electron chi connectivity index (χ1n) is 14.5. The normalized spacial score (nSPS) is 17.4. The molecule has 2 unspecified atom stereocenters. The van der Waals surface area contributed by atoms with E-state index in [2.05, 4.69) is 0 Å². The highest BCUT2D eigenvalue weighted by Gasteiger charge is 2.35. The van der Waals surface area contributed by atoms with Crippen molar-refractivity contribution in [2.24, 2.45) is 0 Å². The fourth-order valence-electron chi connectivity index (χ4n) is 4.69. The molecule has 2 aromatic rings. The summed E-state index contributed by atoms with van der Waals surface area (Å²) in [5.74, 6) is -0.859. The van der Waals surface area contributed by atoms with Gasteiger partial charge in [-0.15, -0.1) is 0 Å². The third-order valence-electron chi connectivity index (χ3n) is 7.44. The van der Waals surface area contributed by atoms with Crippen LogP contribution < -0.4 is 0 Å². The van der Waals surface area contributed by atoms with Crippen molar-refractivity contribution in [3.05, 3.63) is 70.8 Å². The van der Waals surface area contributed by atoms with Crippen molar-refractivity contribution in [2.45, 2.75) is 77.3 Å². The molecule has 214 valence electrons. The van der Waals surface area contributed by atoms with Gasteiger partial charge in [-0.3, -0.25) is 9.59 Å². The van der Waals surface area contributed by atoms with Gasteiger partial charge in [0.2, 0.25) is 0 Å². The summed E-state index contributed by atoms with van der Waals surface area (Å²) in [5.41, 5.74) is 1.88. The largest absolute Gasteiger partial charge is 0.462 e. The van der Waals surface area contributed by atoms with Gasteiger partial charge in [-0.1, -0.05) is 50.7 Å². The van der Waals surface area contributed by atoms with Gasteiger partial charge in [-0.2, -0.15) is 0 Å². The SMILES string of the molecule is CC1CN1C(=O)c1cccc(C(=O)OCCCCCCCCCCOC(=O)c2cccc(C(=O)N3CC3C)c2)c1. The van der Waals surface area contributed by atoms with Gasteiger partial charge in [0.05, 0.1) is 24.3 Å². The number of benzene rings is 2. The van der Waals surface area contributed by atoms with Crippen LogP contribution in [0.4, 0.5) is 0 Å². The van der Waals surface area contributed by atoms with Crippen LogP contribution in [-0.2, 0) is 9.47 Å². The Morgan fingerprint density at radius 2 is 0.925 bits per heavy atom. The van der Waals surface area contributed by atoms with Crippen molar-refractivity contribution in [1.82, 2.24) is 9.80 Å². The average Bonchev–Trinajstić information content (AvgIpc) is 3.89. The summed E-state index contributed by atoms with van der Waals surface area (Å²) in [6.07, 6.45) is 8.01. The number of hydrogen-bond donors (Lipinski definition) is 0. The van der Waals surface area contributed by atoms with E-state index in [-0.39, 0.29) is 35.8 Å². The van der Waals surface area contributed by atoms with Crippen LogP contribution in [0.5, 0.6) is 0 Å². The van der Waals surface area contributed by atoms with E-state index in [0.717, 1.165) is 64.5 Å². The highest BCUT2D eigenvalue weighted by molar-refractivity contribution is 5.99. The molecule has 0 N–H and O–H groups in total. The summed E-state index contributed by atoms with van der Waals surface area (Å²) in [6, 6.07) is 14.0. The van der Waals surface area contributed by atoms with E-state index in [1.807, 2.05) is 13.8 Å². The molecule has 0 bridgehead atoms. The summed E-state index contributed by atoms with van der Waals surface area (Å²) in [4.78, 5) is 52.9. The number of rotatable bonds is 15. The summed E-state index contributed by atoms with van der Waals surface area (Å²) in [6.45, 7) is 6.28. The second-order valence-electron chi connectivity index (χ2n) is 10.9. The summed E-state index contributed by atoms with van der Waals surface area (Å²) in [7, 11) is 0. The molecule has 2 heterocycles. The van der Waals surface area contributed by atoms with Gasteiger partial charge in [-0.05, 0) is 63.1 Å². The van der Waals surface area contributed by atoms with Gasteiger partial charge in [0, 0.05) is 36.3 Å². The summed E-state index contributed by atoms with van der Waals surface area (Å²) < 4.78 is 10.8. The number of amides is 2. The number of carbonyl (C=O) groups is 4. The number of esters is 2. The second-order valence-corrected chi connectivity index (χ2v) is 10.9. The molecular weight excluding hydrogens is 508 g/mol. The predicted molar refractivity (Wildman–Crippen MR) is 151 cm³/mol. The summed E-state index contributed by atoms with van der Waals surface area (Å²) >= 11 is 0. The Labute approximate surface area is 236 Å². The van der Waals surface area contributed by atoms with Crippen molar-refractivity contribution in [3.63, 3.8) is 0 Å². The molecule has 2 fully saturated rings. The Morgan fingerprint density at radius 1 is 0.600 bits per heavy atom.